The molecule has 174 valence electrons. The van der Waals surface area contributed by atoms with E-state index in [4.69, 9.17) is 0 Å². The van der Waals surface area contributed by atoms with E-state index in [1.54, 1.807) is 30.6 Å². The summed E-state index contributed by atoms with van der Waals surface area (Å²) in [4.78, 5) is 19.8. The molecule has 1 aliphatic heterocycles. The fraction of sp³-hybridized carbons (Fsp3) is 0.240. The van der Waals surface area contributed by atoms with Gasteiger partial charge in [0.15, 0.2) is 0 Å². The van der Waals surface area contributed by atoms with Crippen LogP contribution in [0.3, 0.4) is 0 Å². The van der Waals surface area contributed by atoms with Crippen molar-refractivity contribution in [2.75, 3.05) is 25.0 Å². The van der Waals surface area contributed by atoms with Crippen LogP contribution >= 0.6 is 0 Å². The summed E-state index contributed by atoms with van der Waals surface area (Å²) in [5, 5.41) is 8.65. The first-order chi connectivity index (χ1) is 16.3. The van der Waals surface area contributed by atoms with Crippen molar-refractivity contribution in [2.45, 2.75) is 18.6 Å². The van der Waals surface area contributed by atoms with Crippen LogP contribution in [-0.4, -0.2) is 40.9 Å². The summed E-state index contributed by atoms with van der Waals surface area (Å²) in [7, 11) is 1.95. The lowest BCUT2D eigenvalue weighted by Gasteiger charge is -2.17. The van der Waals surface area contributed by atoms with Crippen molar-refractivity contribution in [1.82, 2.24) is 20.1 Å². The van der Waals surface area contributed by atoms with Crippen LogP contribution in [0.15, 0.2) is 71.8 Å². The van der Waals surface area contributed by atoms with Gasteiger partial charge < -0.3 is 10.2 Å². The second kappa shape index (κ2) is 8.57. The molecule has 0 spiro atoms. The molecule has 4 aromatic rings. The van der Waals surface area contributed by atoms with Crippen LogP contribution in [-0.2, 0) is 6.18 Å². The number of nitrogens with one attached hydrogen (secondary N) is 1. The molecule has 5 rings (SSSR count). The molecule has 34 heavy (non-hydrogen) atoms. The highest BCUT2D eigenvalue weighted by atomic mass is 19.4. The number of alkyl halides is 3. The topological polar surface area (TPSA) is 63.1 Å². The molecule has 1 fully saturated rings. The first-order valence-electron chi connectivity index (χ1n) is 10.9. The third-order valence-electron chi connectivity index (χ3n) is 6.23. The minimum absolute atomic E-state index is 0.289. The Morgan fingerprint density at radius 3 is 2.41 bits per heavy atom. The molecule has 0 aliphatic carbocycles. The molecule has 9 heteroatoms. The molecule has 1 saturated heterocycles. The number of likely N-dealkylation sites (N-methyl/N-ethyl adjacent to an activating group) is 1. The summed E-state index contributed by atoms with van der Waals surface area (Å²) in [6.45, 7) is 1.81. The van der Waals surface area contributed by atoms with Gasteiger partial charge in [-0.2, -0.15) is 23.0 Å². The zero-order valence-electron chi connectivity index (χ0n) is 18.4. The number of nitrogens with zero attached hydrogens (tertiary/aromatic N) is 4. The second-order valence-corrected chi connectivity index (χ2v) is 8.33. The van der Waals surface area contributed by atoms with Gasteiger partial charge in [0, 0.05) is 24.5 Å². The number of fused-ring (bicyclic) bond motifs is 1. The Morgan fingerprint density at radius 1 is 1.00 bits per heavy atom. The van der Waals surface area contributed by atoms with E-state index in [9.17, 15) is 18.0 Å². The van der Waals surface area contributed by atoms with E-state index in [1.165, 1.54) is 16.8 Å². The molecule has 0 amide bonds. The van der Waals surface area contributed by atoms with Gasteiger partial charge in [-0.25, -0.2) is 4.98 Å². The van der Waals surface area contributed by atoms with E-state index in [0.717, 1.165) is 37.5 Å². The predicted molar refractivity (Wildman–Crippen MR) is 125 cm³/mol. The van der Waals surface area contributed by atoms with Crippen molar-refractivity contribution in [2.24, 2.45) is 0 Å². The van der Waals surface area contributed by atoms with Crippen molar-refractivity contribution in [3.8, 4) is 16.8 Å². The fourth-order valence-electron chi connectivity index (χ4n) is 4.26. The molecule has 1 aliphatic rings. The second-order valence-electron chi connectivity index (χ2n) is 8.33. The molecule has 0 saturated carbocycles. The molecule has 0 radical (unpaired) electrons. The first-order valence-corrected chi connectivity index (χ1v) is 10.9. The monoisotopic (exact) mass is 465 g/mol. The third-order valence-corrected chi connectivity index (χ3v) is 6.23. The Balaban J connectivity index is 1.42. The summed E-state index contributed by atoms with van der Waals surface area (Å²) >= 11 is 0. The predicted octanol–water partition coefficient (Wildman–Crippen LogP) is 4.26. The van der Waals surface area contributed by atoms with Crippen LogP contribution in [0.5, 0.6) is 0 Å². The molecule has 0 unspecified atom stereocenters. The number of aromatic nitrogens is 3. The molecule has 0 bridgehead atoms. The van der Waals surface area contributed by atoms with Crippen LogP contribution in [0.2, 0.25) is 0 Å². The van der Waals surface area contributed by atoms with Crippen LogP contribution in [0.1, 0.15) is 12.0 Å². The van der Waals surface area contributed by atoms with E-state index in [0.29, 0.717) is 33.6 Å². The van der Waals surface area contributed by atoms with Crippen LogP contribution in [0.4, 0.5) is 19.0 Å². The average molecular weight is 465 g/mol. The lowest BCUT2D eigenvalue weighted by atomic mass is 10.0. The standard InChI is InChI=1S/C25H22F3N5O/c1-29-20-10-11-32(15-20)23-9-7-21(14-30-23)33-24(34)22-8-4-17(12-18(22)13-31-33)16-2-5-19(6-3-16)25(26,27)28/h2-9,12-14,20,29H,10-11,15H2,1H3/t20-/m1/s1. The highest BCUT2D eigenvalue weighted by Gasteiger charge is 2.30. The van der Waals surface area contributed by atoms with Gasteiger partial charge in [-0.1, -0.05) is 18.2 Å². The summed E-state index contributed by atoms with van der Waals surface area (Å²) in [6, 6.07) is 14.3. The van der Waals surface area contributed by atoms with Crippen molar-refractivity contribution in [3.63, 3.8) is 0 Å². The molecular weight excluding hydrogens is 443 g/mol. The fourth-order valence-corrected chi connectivity index (χ4v) is 4.26. The zero-order valence-corrected chi connectivity index (χ0v) is 18.4. The maximum atomic E-state index is 13.1. The van der Waals surface area contributed by atoms with E-state index in [1.807, 2.05) is 19.2 Å². The number of rotatable bonds is 4. The number of anilines is 1. The highest BCUT2D eigenvalue weighted by molar-refractivity contribution is 5.86. The molecular formula is C25H22F3N5O. The van der Waals surface area contributed by atoms with Gasteiger partial charge >= 0.3 is 6.18 Å². The van der Waals surface area contributed by atoms with Gasteiger partial charge in [0.25, 0.3) is 5.56 Å². The highest BCUT2D eigenvalue weighted by Crippen LogP contribution is 2.31. The molecule has 2 aromatic carbocycles. The van der Waals surface area contributed by atoms with Crippen molar-refractivity contribution in [1.29, 1.82) is 0 Å². The van der Waals surface area contributed by atoms with Crippen LogP contribution in [0.25, 0.3) is 27.6 Å². The van der Waals surface area contributed by atoms with Crippen molar-refractivity contribution < 1.29 is 13.2 Å². The Labute approximate surface area is 193 Å². The minimum atomic E-state index is -4.38. The van der Waals surface area contributed by atoms with E-state index < -0.39 is 11.7 Å². The molecule has 6 nitrogen and oxygen atoms in total. The number of hydrogen-bond donors (Lipinski definition) is 1. The van der Waals surface area contributed by atoms with Crippen LogP contribution in [0, 0.1) is 0 Å². The largest absolute Gasteiger partial charge is 0.416 e. The van der Waals surface area contributed by atoms with Gasteiger partial charge in [-0.15, -0.1) is 0 Å². The molecule has 1 N–H and O–H groups in total. The van der Waals surface area contributed by atoms with Crippen LogP contribution < -0.4 is 15.8 Å². The molecule has 2 aromatic heterocycles. The number of halogens is 3. The number of benzene rings is 2. The number of pyridine rings is 1. The van der Waals surface area contributed by atoms with E-state index >= 15 is 0 Å². The third kappa shape index (κ3) is 4.14. The lowest BCUT2D eigenvalue weighted by Crippen LogP contribution is -2.29. The summed E-state index contributed by atoms with van der Waals surface area (Å²) in [5.74, 6) is 0.858. The average Bonchev–Trinajstić information content (AvgIpc) is 3.33. The van der Waals surface area contributed by atoms with E-state index in [2.05, 4.69) is 20.3 Å². The van der Waals surface area contributed by atoms with Gasteiger partial charge in [-0.05, 0) is 61.0 Å². The maximum absolute atomic E-state index is 13.1. The Bertz CT molecular complexity index is 1380. The zero-order chi connectivity index (χ0) is 23.9. The van der Waals surface area contributed by atoms with Crippen molar-refractivity contribution in [3.05, 3.63) is 82.9 Å². The smallest absolute Gasteiger partial charge is 0.355 e. The van der Waals surface area contributed by atoms with Gasteiger partial charge in [0.1, 0.15) is 5.82 Å². The Kier molecular flexibility index (Phi) is 5.57. The lowest BCUT2D eigenvalue weighted by molar-refractivity contribution is -0.137. The summed E-state index contributed by atoms with van der Waals surface area (Å²) < 4.78 is 39.8. The molecule has 1 atom stereocenters. The first kappa shape index (κ1) is 22.1. The normalized spacial score (nSPS) is 16.4. The van der Waals surface area contributed by atoms with Gasteiger partial charge in [-0.3, -0.25) is 4.79 Å². The Morgan fingerprint density at radius 2 is 1.76 bits per heavy atom. The minimum Gasteiger partial charge on any atom is -0.355 e. The Hall–Kier alpha value is -3.72. The quantitative estimate of drug-likeness (QED) is 0.488. The number of hydrogen-bond acceptors (Lipinski definition) is 5. The molecule has 3 heterocycles. The summed E-state index contributed by atoms with van der Waals surface area (Å²) in [6.07, 6.45) is -0.108. The van der Waals surface area contributed by atoms with Crippen molar-refractivity contribution >= 4 is 16.6 Å². The summed E-state index contributed by atoms with van der Waals surface area (Å²) in [5.41, 5.74) is 0.903. The SMILES string of the molecule is CN[C@@H]1CCN(c2ccc(-n3ncc4cc(-c5ccc(C(F)(F)F)cc5)ccc4c3=O)cn2)C1. The van der Waals surface area contributed by atoms with Gasteiger partial charge in [0.05, 0.1) is 29.0 Å². The van der Waals surface area contributed by atoms with Gasteiger partial charge in [0.2, 0.25) is 0 Å². The van der Waals surface area contributed by atoms with E-state index in [-0.39, 0.29) is 5.56 Å². The maximum Gasteiger partial charge on any atom is 0.416 e.